The zero-order chi connectivity index (χ0) is 18.9. The van der Waals surface area contributed by atoms with E-state index >= 15 is 0 Å². The Morgan fingerprint density at radius 3 is 2.58 bits per heavy atom. The molecular formula is C19H18N4O3. The van der Waals surface area contributed by atoms with Crippen LogP contribution in [0.5, 0.6) is 11.6 Å². The average molecular weight is 350 g/mol. The number of nitrogens with zero attached hydrogens (tertiary/aromatic N) is 3. The average Bonchev–Trinajstić information content (AvgIpc) is 2.83. The first kappa shape index (κ1) is 17.4. The number of nitrogens with one attached hydrogen (secondary N) is 1. The molecule has 7 heteroatoms. The number of rotatable bonds is 4. The molecule has 2 heterocycles. The van der Waals surface area contributed by atoms with E-state index in [1.807, 2.05) is 13.0 Å². The Morgan fingerprint density at radius 2 is 2.04 bits per heavy atom. The Kier molecular flexibility index (Phi) is 4.34. The van der Waals surface area contributed by atoms with E-state index in [1.165, 1.54) is 11.1 Å². The highest BCUT2D eigenvalue weighted by molar-refractivity contribution is 6.16. The number of nitriles is 1. The molecule has 1 fully saturated rings. The highest BCUT2D eigenvalue weighted by Crippen LogP contribution is 2.30. The van der Waals surface area contributed by atoms with Gasteiger partial charge in [-0.25, -0.2) is 9.78 Å². The summed E-state index contributed by atoms with van der Waals surface area (Å²) in [4.78, 5) is 29.5. The predicted octanol–water partition coefficient (Wildman–Crippen LogP) is 3.14. The van der Waals surface area contributed by atoms with Crippen LogP contribution in [0.25, 0.3) is 0 Å². The molecule has 1 aliphatic heterocycles. The minimum absolute atomic E-state index is 0.351. The molecule has 0 spiro atoms. The van der Waals surface area contributed by atoms with Gasteiger partial charge in [0.1, 0.15) is 11.3 Å². The molecule has 0 aliphatic carbocycles. The summed E-state index contributed by atoms with van der Waals surface area (Å²) in [6.07, 6.45) is 2.21. The molecule has 1 aliphatic rings. The van der Waals surface area contributed by atoms with E-state index in [9.17, 15) is 9.59 Å². The quantitative estimate of drug-likeness (QED) is 0.855. The summed E-state index contributed by atoms with van der Waals surface area (Å²) in [5.74, 6) is 0.576. The lowest BCUT2D eigenvalue weighted by Gasteiger charge is -2.27. The summed E-state index contributed by atoms with van der Waals surface area (Å²) in [6.45, 7) is 5.30. The van der Waals surface area contributed by atoms with Crippen molar-refractivity contribution in [3.63, 3.8) is 0 Å². The molecule has 0 unspecified atom stereocenters. The first-order valence-electron chi connectivity index (χ1n) is 8.19. The number of ether oxygens (including phenoxy) is 1. The number of aryl methyl sites for hydroxylation is 1. The van der Waals surface area contributed by atoms with Gasteiger partial charge in [0.2, 0.25) is 5.88 Å². The van der Waals surface area contributed by atoms with Crippen molar-refractivity contribution in [1.29, 1.82) is 5.26 Å². The molecule has 1 aromatic heterocycles. The fraction of sp³-hybridized carbons (Fsp3) is 0.263. The maximum atomic E-state index is 12.0. The third kappa shape index (κ3) is 2.97. The molecule has 2 aromatic rings. The number of anilines is 1. The molecule has 0 saturated carbocycles. The third-order valence-electron chi connectivity index (χ3n) is 4.32. The lowest BCUT2D eigenvalue weighted by molar-refractivity contribution is -0.122. The summed E-state index contributed by atoms with van der Waals surface area (Å²) < 4.78 is 5.73. The van der Waals surface area contributed by atoms with Gasteiger partial charge in [0.15, 0.2) is 0 Å². The van der Waals surface area contributed by atoms with Crippen LogP contribution in [0.3, 0.4) is 0 Å². The van der Waals surface area contributed by atoms with Crippen molar-refractivity contribution in [2.75, 3.05) is 4.90 Å². The lowest BCUT2D eigenvalue weighted by atomic mass is 10.0. The molecule has 1 saturated heterocycles. The van der Waals surface area contributed by atoms with Crippen molar-refractivity contribution in [2.24, 2.45) is 0 Å². The lowest BCUT2D eigenvalue weighted by Crippen LogP contribution is -2.44. The van der Waals surface area contributed by atoms with Crippen LogP contribution >= 0.6 is 0 Å². The van der Waals surface area contributed by atoms with E-state index in [-0.39, 0.29) is 5.91 Å². The number of benzene rings is 1. The minimum Gasteiger partial charge on any atom is -0.439 e. The second-order valence-electron chi connectivity index (χ2n) is 6.39. The number of carbonyl (C=O) groups is 2. The Labute approximate surface area is 151 Å². The summed E-state index contributed by atoms with van der Waals surface area (Å²) in [6, 6.07) is 10.2. The van der Waals surface area contributed by atoms with Crippen LogP contribution in [0.4, 0.5) is 10.5 Å². The van der Waals surface area contributed by atoms with Crippen LogP contribution in [-0.2, 0) is 11.2 Å². The van der Waals surface area contributed by atoms with Gasteiger partial charge >= 0.3 is 6.03 Å². The molecule has 1 aromatic carbocycles. The first-order chi connectivity index (χ1) is 12.4. The van der Waals surface area contributed by atoms with E-state index in [2.05, 4.69) is 16.4 Å². The van der Waals surface area contributed by atoms with Crippen LogP contribution in [0, 0.1) is 11.3 Å². The number of imide groups is 1. The van der Waals surface area contributed by atoms with Crippen LogP contribution in [0.2, 0.25) is 0 Å². The Balaban J connectivity index is 1.82. The number of pyridine rings is 1. The molecule has 0 atom stereocenters. The van der Waals surface area contributed by atoms with Gasteiger partial charge in [-0.1, -0.05) is 6.92 Å². The van der Waals surface area contributed by atoms with Gasteiger partial charge in [0.05, 0.1) is 23.5 Å². The van der Waals surface area contributed by atoms with Gasteiger partial charge in [-0.3, -0.25) is 15.0 Å². The van der Waals surface area contributed by atoms with Crippen molar-refractivity contribution >= 4 is 17.6 Å². The maximum absolute atomic E-state index is 12.0. The molecule has 0 radical (unpaired) electrons. The molecular weight excluding hydrogens is 332 g/mol. The summed E-state index contributed by atoms with van der Waals surface area (Å²) in [5.41, 5.74) is 1.04. The predicted molar refractivity (Wildman–Crippen MR) is 94.9 cm³/mol. The normalized spacial score (nSPS) is 15.5. The van der Waals surface area contributed by atoms with Gasteiger partial charge in [-0.05, 0) is 50.1 Å². The highest BCUT2D eigenvalue weighted by atomic mass is 16.5. The summed E-state index contributed by atoms with van der Waals surface area (Å²) in [7, 11) is 0. The number of carbonyl (C=O) groups excluding carboxylic acids is 2. The molecule has 0 bridgehead atoms. The second-order valence-corrected chi connectivity index (χ2v) is 6.39. The van der Waals surface area contributed by atoms with Crippen LogP contribution in [-0.4, -0.2) is 22.5 Å². The minimum atomic E-state index is -0.982. The summed E-state index contributed by atoms with van der Waals surface area (Å²) in [5, 5.41) is 11.4. The molecule has 3 rings (SSSR count). The van der Waals surface area contributed by atoms with E-state index in [4.69, 9.17) is 10.00 Å². The van der Waals surface area contributed by atoms with Gasteiger partial charge in [0, 0.05) is 6.07 Å². The smallest absolute Gasteiger partial charge is 0.329 e. The van der Waals surface area contributed by atoms with Crippen molar-refractivity contribution < 1.29 is 14.3 Å². The van der Waals surface area contributed by atoms with Crippen molar-refractivity contribution in [1.82, 2.24) is 10.3 Å². The molecule has 132 valence electrons. The molecule has 7 nitrogen and oxygen atoms in total. The van der Waals surface area contributed by atoms with Crippen LogP contribution in [0.1, 0.15) is 31.9 Å². The van der Waals surface area contributed by atoms with E-state index in [1.54, 1.807) is 38.1 Å². The zero-order valence-corrected chi connectivity index (χ0v) is 14.7. The number of amides is 3. The van der Waals surface area contributed by atoms with E-state index in [0.29, 0.717) is 22.9 Å². The van der Waals surface area contributed by atoms with Crippen LogP contribution < -0.4 is 15.0 Å². The van der Waals surface area contributed by atoms with Gasteiger partial charge in [0.25, 0.3) is 5.91 Å². The highest BCUT2D eigenvalue weighted by Gasteiger charge is 2.46. The van der Waals surface area contributed by atoms with Crippen molar-refractivity contribution in [3.8, 4) is 17.7 Å². The largest absolute Gasteiger partial charge is 0.439 e. The third-order valence-corrected chi connectivity index (χ3v) is 4.32. The Hall–Kier alpha value is -3.40. The zero-order valence-electron chi connectivity index (χ0n) is 14.7. The maximum Gasteiger partial charge on any atom is 0.329 e. The van der Waals surface area contributed by atoms with Crippen molar-refractivity contribution in [2.45, 2.75) is 32.7 Å². The molecule has 1 N–H and O–H groups in total. The SMILES string of the molecule is CCc1cc(Oc2ccc(N3C(=O)NC(=O)C3(C)C)cn2)ccc1C#N. The van der Waals surface area contributed by atoms with Gasteiger partial charge < -0.3 is 4.74 Å². The molecule has 3 amide bonds. The number of hydrogen-bond acceptors (Lipinski definition) is 5. The fourth-order valence-corrected chi connectivity index (χ4v) is 2.82. The number of urea groups is 1. The Morgan fingerprint density at radius 1 is 1.27 bits per heavy atom. The van der Waals surface area contributed by atoms with Crippen LogP contribution in [0.15, 0.2) is 36.5 Å². The van der Waals surface area contributed by atoms with E-state index in [0.717, 1.165) is 12.0 Å². The van der Waals surface area contributed by atoms with Gasteiger partial charge in [-0.2, -0.15) is 5.26 Å². The number of aromatic nitrogens is 1. The van der Waals surface area contributed by atoms with Crippen molar-refractivity contribution in [3.05, 3.63) is 47.7 Å². The Bertz CT molecular complexity index is 913. The summed E-state index contributed by atoms with van der Waals surface area (Å²) >= 11 is 0. The second kappa shape index (κ2) is 6.48. The van der Waals surface area contributed by atoms with E-state index < -0.39 is 11.6 Å². The topological polar surface area (TPSA) is 95.3 Å². The monoisotopic (exact) mass is 350 g/mol. The fourth-order valence-electron chi connectivity index (χ4n) is 2.82. The first-order valence-corrected chi connectivity index (χ1v) is 8.19. The standard InChI is InChI=1S/C19H18N4O3/c1-4-12-9-15(7-5-13(12)10-20)26-16-8-6-14(11-21-16)23-18(25)22-17(24)19(23,2)3/h5-9,11H,4H2,1-3H3,(H,22,24,25). The number of hydrogen-bond donors (Lipinski definition) is 1. The van der Waals surface area contributed by atoms with Gasteiger partial charge in [-0.15, -0.1) is 0 Å². The molecule has 26 heavy (non-hydrogen) atoms.